The van der Waals surface area contributed by atoms with E-state index < -0.39 is 35.9 Å². The number of carboxylic acid groups (broad SMARTS) is 1. The molecule has 3 amide bonds. The van der Waals surface area contributed by atoms with Crippen molar-refractivity contribution in [3.05, 3.63) is 0 Å². The fourth-order valence-corrected chi connectivity index (χ4v) is 4.39. The van der Waals surface area contributed by atoms with Crippen molar-refractivity contribution >= 4 is 38.6 Å². The summed E-state index contributed by atoms with van der Waals surface area (Å²) in [5.41, 5.74) is 0. The standard InChI is InChI=1S/C21H38N4O5Se/c1-6-13(4)17(25-18(26)14-8-7-10-22-14)20(28)23-15(9-11-31-5)19(27)24-16(12(2)3)21(29)30/h12-17,22H,6-11H2,1-5H3,(H,23,28)(H,24,27)(H,25,26)(H,29,30)/t13-,14-,15-,16-,17-/m0/s1. The van der Waals surface area contributed by atoms with Gasteiger partial charge in [-0.05, 0) is 0 Å². The molecule has 1 aliphatic rings. The fraction of sp³-hybridized carbons (Fsp3) is 0.810. The van der Waals surface area contributed by atoms with E-state index in [2.05, 4.69) is 21.3 Å². The molecule has 9 nitrogen and oxygen atoms in total. The van der Waals surface area contributed by atoms with Crippen molar-refractivity contribution in [1.29, 1.82) is 0 Å². The van der Waals surface area contributed by atoms with Gasteiger partial charge in [0.05, 0.1) is 0 Å². The summed E-state index contributed by atoms with van der Waals surface area (Å²) in [5, 5.41) is 21.4. The first kappa shape index (κ1) is 27.4. The second kappa shape index (κ2) is 13.7. The Labute approximate surface area is 191 Å². The van der Waals surface area contributed by atoms with E-state index in [1.54, 1.807) is 13.8 Å². The molecule has 5 atom stereocenters. The van der Waals surface area contributed by atoms with Crippen molar-refractivity contribution < 1.29 is 24.3 Å². The monoisotopic (exact) mass is 506 g/mol. The van der Waals surface area contributed by atoms with Gasteiger partial charge in [-0.25, -0.2) is 0 Å². The van der Waals surface area contributed by atoms with Crippen molar-refractivity contribution in [2.45, 2.75) is 88.7 Å². The molecule has 0 spiro atoms. The summed E-state index contributed by atoms with van der Waals surface area (Å²) in [6, 6.07) is -2.94. The van der Waals surface area contributed by atoms with Crippen LogP contribution in [0, 0.1) is 11.8 Å². The number of hydrogen-bond acceptors (Lipinski definition) is 5. The van der Waals surface area contributed by atoms with E-state index in [4.69, 9.17) is 0 Å². The van der Waals surface area contributed by atoms with Gasteiger partial charge in [0.15, 0.2) is 0 Å². The van der Waals surface area contributed by atoms with E-state index in [9.17, 15) is 24.3 Å². The molecule has 0 radical (unpaired) electrons. The minimum atomic E-state index is -1.11. The summed E-state index contributed by atoms with van der Waals surface area (Å²) in [7, 11) is 0. The second-order valence-electron chi connectivity index (χ2n) is 8.43. The van der Waals surface area contributed by atoms with Crippen molar-refractivity contribution in [2.75, 3.05) is 6.54 Å². The van der Waals surface area contributed by atoms with Crippen molar-refractivity contribution in [3.8, 4) is 0 Å². The molecule has 1 rings (SSSR count). The third-order valence-electron chi connectivity index (χ3n) is 5.64. The Bertz CT molecular complexity index is 625. The number of carboxylic acids is 1. The first-order valence-corrected chi connectivity index (χ1v) is 13.9. The Morgan fingerprint density at radius 2 is 1.74 bits per heavy atom. The topological polar surface area (TPSA) is 137 Å². The van der Waals surface area contributed by atoms with Gasteiger partial charge in [-0.1, -0.05) is 0 Å². The number of carbonyl (C=O) groups is 4. The molecule has 5 N–H and O–H groups in total. The maximum atomic E-state index is 13.1. The summed E-state index contributed by atoms with van der Waals surface area (Å²) in [5.74, 6) is -0.615. The summed E-state index contributed by atoms with van der Waals surface area (Å²) in [4.78, 5) is 49.9. The number of carbonyl (C=O) groups excluding carboxylic acids is 3. The predicted molar refractivity (Wildman–Crippen MR) is 120 cm³/mol. The third-order valence-corrected chi connectivity index (χ3v) is 7.00. The molecule has 0 aromatic heterocycles. The molecule has 0 bridgehead atoms. The van der Waals surface area contributed by atoms with Crippen LogP contribution < -0.4 is 21.3 Å². The molecular formula is C21H38N4O5Se. The molecule has 31 heavy (non-hydrogen) atoms. The van der Waals surface area contributed by atoms with Gasteiger partial charge in [0.2, 0.25) is 0 Å². The van der Waals surface area contributed by atoms with E-state index in [0.29, 0.717) is 27.8 Å². The van der Waals surface area contributed by atoms with E-state index in [1.807, 2.05) is 19.7 Å². The van der Waals surface area contributed by atoms with Crippen LogP contribution in [0.3, 0.4) is 0 Å². The Hall–Kier alpha value is -1.64. The van der Waals surface area contributed by atoms with Crippen LogP contribution in [0.4, 0.5) is 0 Å². The molecule has 178 valence electrons. The number of hydrogen-bond donors (Lipinski definition) is 5. The zero-order valence-corrected chi connectivity index (χ0v) is 20.9. The summed E-state index contributed by atoms with van der Waals surface area (Å²) in [6.07, 6.45) is 2.75. The number of rotatable bonds is 13. The van der Waals surface area contributed by atoms with E-state index in [1.165, 1.54) is 0 Å². The third kappa shape index (κ3) is 8.79. The predicted octanol–water partition coefficient (Wildman–Crippen LogP) is 0.540. The van der Waals surface area contributed by atoms with Gasteiger partial charge in [-0.15, -0.1) is 0 Å². The quantitative estimate of drug-likeness (QED) is 0.232. The maximum absolute atomic E-state index is 13.1. The van der Waals surface area contributed by atoms with Crippen molar-refractivity contribution in [2.24, 2.45) is 11.8 Å². The van der Waals surface area contributed by atoms with E-state index in [0.717, 1.165) is 24.7 Å². The number of nitrogens with one attached hydrogen (secondary N) is 4. The van der Waals surface area contributed by atoms with Gasteiger partial charge in [0.1, 0.15) is 0 Å². The molecule has 1 saturated heterocycles. The zero-order chi connectivity index (χ0) is 23.6. The Morgan fingerprint density at radius 1 is 1.06 bits per heavy atom. The molecule has 0 saturated carbocycles. The fourth-order valence-electron chi connectivity index (χ4n) is 3.40. The van der Waals surface area contributed by atoms with Gasteiger partial charge >= 0.3 is 191 Å². The summed E-state index contributed by atoms with van der Waals surface area (Å²) >= 11 is 0.298. The average Bonchev–Trinajstić information content (AvgIpc) is 3.26. The average molecular weight is 506 g/mol. The van der Waals surface area contributed by atoms with Crippen LogP contribution in [-0.2, 0) is 19.2 Å². The minimum absolute atomic E-state index is 0.119. The number of amides is 3. The molecular weight excluding hydrogens is 467 g/mol. The van der Waals surface area contributed by atoms with Crippen molar-refractivity contribution in [3.63, 3.8) is 0 Å². The zero-order valence-electron chi connectivity index (χ0n) is 19.2. The Morgan fingerprint density at radius 3 is 2.23 bits per heavy atom. The van der Waals surface area contributed by atoms with E-state index >= 15 is 0 Å². The molecule has 10 heteroatoms. The molecule has 0 aromatic rings. The molecule has 1 fully saturated rings. The Kier molecular flexibility index (Phi) is 12.1. The van der Waals surface area contributed by atoms with Crippen LogP contribution in [0.2, 0.25) is 11.1 Å². The van der Waals surface area contributed by atoms with Gasteiger partial charge in [-0.2, -0.15) is 0 Å². The Balaban J connectivity index is 2.92. The summed E-state index contributed by atoms with van der Waals surface area (Å²) < 4.78 is 0. The first-order chi connectivity index (χ1) is 14.6. The van der Waals surface area contributed by atoms with Gasteiger partial charge in [-0.3, -0.25) is 0 Å². The van der Waals surface area contributed by atoms with E-state index in [-0.39, 0.29) is 23.8 Å². The molecule has 1 aliphatic heterocycles. The van der Waals surface area contributed by atoms with Crippen molar-refractivity contribution in [1.82, 2.24) is 21.3 Å². The van der Waals surface area contributed by atoms with Crippen LogP contribution >= 0.6 is 0 Å². The van der Waals surface area contributed by atoms with Crippen LogP contribution in [0.5, 0.6) is 0 Å². The second-order valence-corrected chi connectivity index (χ2v) is 10.5. The van der Waals surface area contributed by atoms with Crippen LogP contribution in [0.1, 0.15) is 53.4 Å². The van der Waals surface area contributed by atoms with Crippen LogP contribution in [-0.4, -0.2) is 74.5 Å². The van der Waals surface area contributed by atoms with Gasteiger partial charge < -0.3 is 0 Å². The van der Waals surface area contributed by atoms with Gasteiger partial charge in [0, 0.05) is 0 Å². The molecule has 1 heterocycles. The summed E-state index contributed by atoms with van der Waals surface area (Å²) in [6.45, 7) is 8.03. The molecule has 0 unspecified atom stereocenters. The molecule has 0 aromatic carbocycles. The first-order valence-electron chi connectivity index (χ1n) is 11.0. The SMILES string of the molecule is CC[C@H](C)[C@H](NC(=O)[C@@H]1CCCN1)C(=O)N[C@@H](CC[Se]C)C(=O)N[C@H](C(=O)O)C(C)C. The van der Waals surface area contributed by atoms with Gasteiger partial charge in [0.25, 0.3) is 0 Å². The van der Waals surface area contributed by atoms with Crippen LogP contribution in [0.15, 0.2) is 0 Å². The number of aliphatic carboxylic acids is 1. The van der Waals surface area contributed by atoms with Crippen LogP contribution in [0.25, 0.3) is 0 Å². The normalized spacial score (nSPS) is 19.9. The molecule has 0 aliphatic carbocycles.